The summed E-state index contributed by atoms with van der Waals surface area (Å²) in [5, 5.41) is 7.94. The first-order chi connectivity index (χ1) is 12.7. The van der Waals surface area contributed by atoms with Crippen molar-refractivity contribution in [3.63, 3.8) is 0 Å². The van der Waals surface area contributed by atoms with Crippen LogP contribution in [0.2, 0.25) is 5.02 Å². The summed E-state index contributed by atoms with van der Waals surface area (Å²) in [4.78, 5) is 17.1. The van der Waals surface area contributed by atoms with Crippen LogP contribution in [0, 0.1) is 0 Å². The first-order valence-corrected chi connectivity index (χ1v) is 10.7. The average Bonchev–Trinajstić information content (AvgIpc) is 3.34. The molecule has 2 aromatic heterocycles. The molecule has 0 radical (unpaired) electrons. The van der Waals surface area contributed by atoms with Gasteiger partial charge in [-0.15, -0.1) is 22.7 Å². The van der Waals surface area contributed by atoms with E-state index >= 15 is 0 Å². The second-order valence-electron chi connectivity index (χ2n) is 6.34. The predicted octanol–water partition coefficient (Wildman–Crippen LogP) is 4.99. The van der Waals surface area contributed by atoms with Crippen LogP contribution >= 0.6 is 34.3 Å². The van der Waals surface area contributed by atoms with Gasteiger partial charge in [-0.05, 0) is 52.6 Å². The number of benzene rings is 1. The van der Waals surface area contributed by atoms with Crippen LogP contribution in [0.3, 0.4) is 0 Å². The molecule has 1 unspecified atom stereocenters. The molecule has 26 heavy (non-hydrogen) atoms. The van der Waals surface area contributed by atoms with Gasteiger partial charge in [-0.2, -0.15) is 0 Å². The highest BCUT2D eigenvalue weighted by atomic mass is 35.5. The van der Waals surface area contributed by atoms with E-state index in [4.69, 9.17) is 11.6 Å². The fraction of sp³-hybridized carbons (Fsp3) is 0.250. The summed E-state index contributed by atoms with van der Waals surface area (Å²) in [6.45, 7) is 2.49. The number of carbonyl (C=O) groups is 1. The van der Waals surface area contributed by atoms with E-state index in [0.717, 1.165) is 29.4 Å². The third-order valence-electron chi connectivity index (χ3n) is 4.73. The van der Waals surface area contributed by atoms with Gasteiger partial charge in [0.05, 0.1) is 10.9 Å². The van der Waals surface area contributed by atoms with Crippen molar-refractivity contribution in [2.45, 2.75) is 19.0 Å². The van der Waals surface area contributed by atoms with E-state index in [-0.39, 0.29) is 11.9 Å². The van der Waals surface area contributed by atoms with Gasteiger partial charge in [-0.1, -0.05) is 29.8 Å². The Kier molecular flexibility index (Phi) is 5.41. The third kappa shape index (κ3) is 3.86. The van der Waals surface area contributed by atoms with Crippen LogP contribution in [0.15, 0.2) is 53.2 Å². The Hall–Kier alpha value is -1.66. The van der Waals surface area contributed by atoms with Crippen molar-refractivity contribution in [3.05, 3.63) is 79.1 Å². The van der Waals surface area contributed by atoms with E-state index in [9.17, 15) is 4.79 Å². The van der Waals surface area contributed by atoms with Crippen molar-refractivity contribution in [3.8, 4) is 0 Å². The van der Waals surface area contributed by atoms with Crippen LogP contribution in [-0.2, 0) is 13.0 Å². The number of nitrogens with one attached hydrogen (secondary N) is 1. The number of hydrogen-bond acceptors (Lipinski definition) is 4. The molecule has 1 aromatic carbocycles. The van der Waals surface area contributed by atoms with E-state index in [1.165, 1.54) is 27.3 Å². The van der Waals surface area contributed by atoms with Gasteiger partial charge in [-0.3, -0.25) is 9.69 Å². The standard InChI is InChI=1S/C20H19ClN2OS2/c21-16-5-3-14(4-6-16)17(12-22-20(24)19-2-1-10-25-19)23-9-7-18-15(13-23)8-11-26-18/h1-6,8,10-11,17H,7,9,12-13H2,(H,22,24). The molecule has 134 valence electrons. The van der Waals surface area contributed by atoms with Gasteiger partial charge in [0.15, 0.2) is 0 Å². The Morgan fingerprint density at radius 1 is 1.15 bits per heavy atom. The number of nitrogens with zero attached hydrogens (tertiary/aromatic N) is 1. The largest absolute Gasteiger partial charge is 0.349 e. The highest BCUT2D eigenvalue weighted by molar-refractivity contribution is 7.12. The Balaban J connectivity index is 1.53. The summed E-state index contributed by atoms with van der Waals surface area (Å²) >= 11 is 9.38. The summed E-state index contributed by atoms with van der Waals surface area (Å²) in [6.07, 6.45) is 1.07. The van der Waals surface area contributed by atoms with E-state index in [1.807, 2.05) is 41.0 Å². The molecule has 0 bridgehead atoms. The molecule has 3 aromatic rings. The maximum atomic E-state index is 12.4. The van der Waals surface area contributed by atoms with Crippen LogP contribution in [0.5, 0.6) is 0 Å². The summed E-state index contributed by atoms with van der Waals surface area (Å²) in [5.74, 6) is -0.00723. The van der Waals surface area contributed by atoms with Gasteiger partial charge in [0, 0.05) is 29.5 Å². The monoisotopic (exact) mass is 402 g/mol. The molecule has 3 nitrogen and oxygen atoms in total. The average molecular weight is 403 g/mol. The van der Waals surface area contributed by atoms with Gasteiger partial charge in [0.25, 0.3) is 5.91 Å². The first-order valence-electron chi connectivity index (χ1n) is 8.57. The SMILES string of the molecule is O=C(NCC(c1ccc(Cl)cc1)N1CCc2sccc2C1)c1cccs1. The minimum absolute atomic E-state index is 0.00723. The molecule has 1 aliphatic rings. The number of thiophene rings is 2. The molecule has 0 spiro atoms. The van der Waals surface area contributed by atoms with Crippen LogP contribution in [0.4, 0.5) is 0 Å². The lowest BCUT2D eigenvalue weighted by atomic mass is 10.0. The van der Waals surface area contributed by atoms with Gasteiger partial charge in [-0.25, -0.2) is 0 Å². The molecule has 1 aliphatic heterocycles. The lowest BCUT2D eigenvalue weighted by Gasteiger charge is -2.35. The highest BCUT2D eigenvalue weighted by Crippen LogP contribution is 2.30. The molecule has 1 atom stereocenters. The normalized spacial score (nSPS) is 15.4. The zero-order chi connectivity index (χ0) is 17.9. The van der Waals surface area contributed by atoms with Crippen molar-refractivity contribution in [1.82, 2.24) is 10.2 Å². The maximum Gasteiger partial charge on any atom is 0.261 e. The fourth-order valence-electron chi connectivity index (χ4n) is 3.36. The molecule has 1 amide bonds. The predicted molar refractivity (Wildman–Crippen MR) is 109 cm³/mol. The summed E-state index contributed by atoms with van der Waals surface area (Å²) in [6, 6.07) is 14.1. The summed E-state index contributed by atoms with van der Waals surface area (Å²) in [5.41, 5.74) is 2.59. The number of rotatable bonds is 5. The molecule has 1 N–H and O–H groups in total. The number of amides is 1. The zero-order valence-corrected chi connectivity index (χ0v) is 16.5. The fourth-order valence-corrected chi connectivity index (χ4v) is 5.02. The van der Waals surface area contributed by atoms with Crippen molar-refractivity contribution in [2.24, 2.45) is 0 Å². The lowest BCUT2D eigenvalue weighted by molar-refractivity contribution is 0.0932. The molecule has 0 aliphatic carbocycles. The zero-order valence-electron chi connectivity index (χ0n) is 14.2. The molecule has 4 rings (SSSR count). The molecule has 0 fully saturated rings. The van der Waals surface area contributed by atoms with Crippen LogP contribution in [0.25, 0.3) is 0 Å². The van der Waals surface area contributed by atoms with E-state index in [0.29, 0.717) is 6.54 Å². The Labute approximate surface area is 166 Å². The van der Waals surface area contributed by atoms with Crippen LogP contribution in [-0.4, -0.2) is 23.9 Å². The smallest absolute Gasteiger partial charge is 0.261 e. The second kappa shape index (κ2) is 7.92. The quantitative estimate of drug-likeness (QED) is 0.651. The number of fused-ring (bicyclic) bond motifs is 1. The van der Waals surface area contributed by atoms with Crippen LogP contribution < -0.4 is 5.32 Å². The van der Waals surface area contributed by atoms with Crippen molar-refractivity contribution in [1.29, 1.82) is 0 Å². The molecular formula is C20H19ClN2OS2. The van der Waals surface area contributed by atoms with E-state index in [1.54, 1.807) is 0 Å². The van der Waals surface area contributed by atoms with E-state index in [2.05, 4.69) is 33.8 Å². The van der Waals surface area contributed by atoms with E-state index < -0.39 is 0 Å². The topological polar surface area (TPSA) is 32.3 Å². The van der Waals surface area contributed by atoms with Gasteiger partial charge in [0.1, 0.15) is 0 Å². The minimum atomic E-state index is -0.00723. The van der Waals surface area contributed by atoms with Gasteiger partial charge >= 0.3 is 0 Å². The number of carbonyl (C=O) groups excluding carboxylic acids is 1. The Morgan fingerprint density at radius 3 is 2.77 bits per heavy atom. The summed E-state index contributed by atoms with van der Waals surface area (Å²) < 4.78 is 0. The van der Waals surface area contributed by atoms with Crippen molar-refractivity contribution in [2.75, 3.05) is 13.1 Å². The number of halogens is 1. The van der Waals surface area contributed by atoms with Gasteiger partial charge < -0.3 is 5.32 Å². The second-order valence-corrected chi connectivity index (χ2v) is 8.73. The van der Waals surface area contributed by atoms with Gasteiger partial charge in [0.2, 0.25) is 0 Å². The Morgan fingerprint density at radius 2 is 2.00 bits per heavy atom. The first kappa shape index (κ1) is 17.7. The maximum absolute atomic E-state index is 12.4. The van der Waals surface area contributed by atoms with Crippen molar-refractivity contribution < 1.29 is 4.79 Å². The Bertz CT molecular complexity index is 874. The third-order valence-corrected chi connectivity index (χ3v) is 6.88. The highest BCUT2D eigenvalue weighted by Gasteiger charge is 2.26. The van der Waals surface area contributed by atoms with Crippen molar-refractivity contribution >= 4 is 40.2 Å². The molecular weight excluding hydrogens is 384 g/mol. The molecule has 6 heteroatoms. The molecule has 0 saturated heterocycles. The van der Waals surface area contributed by atoms with Crippen LogP contribution in [0.1, 0.15) is 31.7 Å². The molecule has 3 heterocycles. The number of hydrogen-bond donors (Lipinski definition) is 1. The lowest BCUT2D eigenvalue weighted by Crippen LogP contribution is -2.40. The molecule has 0 saturated carbocycles. The summed E-state index contributed by atoms with van der Waals surface area (Å²) in [7, 11) is 0. The minimum Gasteiger partial charge on any atom is -0.349 e.